The molecule has 0 fully saturated rings. The number of rotatable bonds is 6. The molecule has 2 heterocycles. The van der Waals surface area contributed by atoms with Crippen LogP contribution in [0.15, 0.2) is 40.1 Å². The molecule has 0 aliphatic carbocycles. The van der Waals surface area contributed by atoms with Crippen molar-refractivity contribution >= 4 is 29.6 Å². The normalized spacial score (nSPS) is 17.4. The number of nitrogens with one attached hydrogen (secondary N) is 1. The second-order valence-electron chi connectivity index (χ2n) is 5.00. The number of carbonyl (C=O) groups is 3. The third kappa shape index (κ3) is 3.41. The van der Waals surface area contributed by atoms with Crippen molar-refractivity contribution in [3.63, 3.8) is 0 Å². The lowest BCUT2D eigenvalue weighted by molar-refractivity contribution is -0.139. The molecule has 0 radical (unpaired) electrons. The summed E-state index contributed by atoms with van der Waals surface area (Å²) in [6.07, 6.45) is 0.568. The molecule has 7 heteroatoms. The van der Waals surface area contributed by atoms with Crippen molar-refractivity contribution in [2.45, 2.75) is 26.7 Å². The van der Waals surface area contributed by atoms with E-state index in [4.69, 9.17) is 9.47 Å². The van der Waals surface area contributed by atoms with Crippen molar-refractivity contribution in [1.82, 2.24) is 5.32 Å². The van der Waals surface area contributed by atoms with Crippen molar-refractivity contribution in [2.24, 2.45) is 0 Å². The summed E-state index contributed by atoms with van der Waals surface area (Å²) in [5.74, 6) is -1.84. The summed E-state index contributed by atoms with van der Waals surface area (Å²) in [7, 11) is 0. The number of thiophene rings is 1. The smallest absolute Gasteiger partial charge is 0.337 e. The van der Waals surface area contributed by atoms with Crippen LogP contribution in [0, 0.1) is 0 Å². The Bertz CT molecular complexity index is 703. The van der Waals surface area contributed by atoms with Gasteiger partial charge in [0.2, 0.25) is 0 Å². The molecule has 24 heavy (non-hydrogen) atoms. The van der Waals surface area contributed by atoms with E-state index in [1.54, 1.807) is 20.8 Å². The monoisotopic (exact) mass is 349 g/mol. The van der Waals surface area contributed by atoms with E-state index in [2.05, 4.69) is 5.32 Å². The van der Waals surface area contributed by atoms with Crippen LogP contribution in [0.5, 0.6) is 0 Å². The topological polar surface area (TPSA) is 81.7 Å². The summed E-state index contributed by atoms with van der Waals surface area (Å²) in [5.41, 5.74) is 1.04. The molecule has 1 aromatic rings. The first-order chi connectivity index (χ1) is 11.5. The van der Waals surface area contributed by atoms with Crippen LogP contribution in [-0.2, 0) is 23.9 Å². The first kappa shape index (κ1) is 17.9. The van der Waals surface area contributed by atoms with Gasteiger partial charge in [-0.25, -0.2) is 9.59 Å². The van der Waals surface area contributed by atoms with E-state index in [-0.39, 0.29) is 24.5 Å². The quantitative estimate of drug-likeness (QED) is 0.627. The summed E-state index contributed by atoms with van der Waals surface area (Å²) in [5, 5.41) is 4.68. The highest BCUT2D eigenvalue weighted by Crippen LogP contribution is 2.40. The molecular formula is C17H19NO5S. The lowest BCUT2D eigenvalue weighted by Crippen LogP contribution is -2.33. The van der Waals surface area contributed by atoms with Crippen molar-refractivity contribution in [2.75, 3.05) is 13.2 Å². The Labute approximate surface area is 144 Å². The van der Waals surface area contributed by atoms with Gasteiger partial charge in [0.25, 0.3) is 0 Å². The van der Waals surface area contributed by atoms with Crippen LogP contribution >= 0.6 is 11.3 Å². The maximum absolute atomic E-state index is 12.5. The van der Waals surface area contributed by atoms with Gasteiger partial charge < -0.3 is 14.8 Å². The first-order valence-corrected chi connectivity index (χ1v) is 8.47. The zero-order valence-corrected chi connectivity index (χ0v) is 14.6. The highest BCUT2D eigenvalue weighted by atomic mass is 32.1. The zero-order chi connectivity index (χ0) is 17.7. The summed E-state index contributed by atoms with van der Waals surface area (Å²) < 4.78 is 10.2. The Morgan fingerprint density at radius 3 is 2.33 bits per heavy atom. The molecule has 1 aliphatic rings. The van der Waals surface area contributed by atoms with Gasteiger partial charge in [0.05, 0.1) is 36.0 Å². The van der Waals surface area contributed by atoms with Gasteiger partial charge in [0, 0.05) is 10.6 Å². The third-order valence-electron chi connectivity index (χ3n) is 3.53. The van der Waals surface area contributed by atoms with Gasteiger partial charge >= 0.3 is 11.9 Å². The van der Waals surface area contributed by atoms with Crippen LogP contribution in [0.25, 0.3) is 0 Å². The second-order valence-corrected chi connectivity index (χ2v) is 5.98. The molecule has 0 unspecified atom stereocenters. The largest absolute Gasteiger partial charge is 0.463 e. The highest BCUT2D eigenvalue weighted by molar-refractivity contribution is 7.10. The number of esters is 2. The van der Waals surface area contributed by atoms with Gasteiger partial charge in [-0.1, -0.05) is 6.07 Å². The molecule has 1 N–H and O–H groups in total. The lowest BCUT2D eigenvalue weighted by atomic mass is 9.84. The van der Waals surface area contributed by atoms with Crippen molar-refractivity contribution in [3.05, 3.63) is 44.9 Å². The van der Waals surface area contributed by atoms with Crippen molar-refractivity contribution in [1.29, 1.82) is 0 Å². The molecule has 2 rings (SSSR count). The molecule has 0 saturated heterocycles. The molecule has 0 bridgehead atoms. The van der Waals surface area contributed by atoms with Crippen LogP contribution in [0.3, 0.4) is 0 Å². The minimum absolute atomic E-state index is 0.109. The van der Waals surface area contributed by atoms with Gasteiger partial charge in [-0.2, -0.15) is 0 Å². The van der Waals surface area contributed by atoms with Crippen molar-refractivity contribution < 1.29 is 23.9 Å². The Morgan fingerprint density at radius 1 is 1.21 bits per heavy atom. The van der Waals surface area contributed by atoms with Crippen LogP contribution in [0.1, 0.15) is 31.6 Å². The average molecular weight is 349 g/mol. The number of dihydropyridines is 1. The molecular weight excluding hydrogens is 330 g/mol. The minimum atomic E-state index is -0.690. The summed E-state index contributed by atoms with van der Waals surface area (Å²) in [6.45, 7) is 5.46. The number of allylic oxidation sites excluding steroid dienone is 2. The molecule has 0 spiro atoms. The SMILES string of the molecule is CCOC(=O)C1=C(C)NC(C=O)=C(C(=O)OCC)[C@H]1c1cccs1. The zero-order valence-electron chi connectivity index (χ0n) is 13.8. The highest BCUT2D eigenvalue weighted by Gasteiger charge is 2.39. The summed E-state index contributed by atoms with van der Waals surface area (Å²) in [4.78, 5) is 37.2. The fourth-order valence-electron chi connectivity index (χ4n) is 2.60. The minimum Gasteiger partial charge on any atom is -0.463 e. The molecule has 0 saturated carbocycles. The van der Waals surface area contributed by atoms with E-state index < -0.39 is 17.9 Å². The number of aldehydes is 1. The van der Waals surface area contributed by atoms with Crippen LogP contribution < -0.4 is 5.32 Å². The predicted octanol–water partition coefficient (Wildman–Crippen LogP) is 2.29. The third-order valence-corrected chi connectivity index (χ3v) is 4.47. The number of carbonyl (C=O) groups excluding carboxylic acids is 3. The van der Waals surface area contributed by atoms with Crippen LogP contribution in [0.2, 0.25) is 0 Å². The van der Waals surface area contributed by atoms with E-state index in [1.807, 2.05) is 17.5 Å². The first-order valence-electron chi connectivity index (χ1n) is 7.59. The van der Waals surface area contributed by atoms with E-state index >= 15 is 0 Å². The number of hydrogen-bond donors (Lipinski definition) is 1. The molecule has 1 aliphatic heterocycles. The van der Waals surface area contributed by atoms with Gasteiger partial charge in [0.15, 0.2) is 6.29 Å². The van der Waals surface area contributed by atoms with Gasteiger partial charge in [-0.05, 0) is 32.2 Å². The molecule has 0 aromatic carbocycles. The van der Waals surface area contributed by atoms with Gasteiger partial charge in [0.1, 0.15) is 0 Å². The standard InChI is InChI=1S/C17H19NO5S/c1-4-22-16(20)13-10(3)18-11(9-19)14(17(21)23-5-2)15(13)12-7-6-8-24-12/h6-9,15,18H,4-5H2,1-3H3/t15-/m0/s1. The number of ether oxygens (including phenoxy) is 2. The fraction of sp³-hybridized carbons (Fsp3) is 0.353. The van der Waals surface area contributed by atoms with Crippen LogP contribution in [-0.4, -0.2) is 31.4 Å². The van der Waals surface area contributed by atoms with Gasteiger partial charge in [-0.3, -0.25) is 4.79 Å². The molecule has 6 nitrogen and oxygen atoms in total. The lowest BCUT2D eigenvalue weighted by Gasteiger charge is -2.28. The van der Waals surface area contributed by atoms with E-state index in [1.165, 1.54) is 11.3 Å². The van der Waals surface area contributed by atoms with Crippen LogP contribution in [0.4, 0.5) is 0 Å². The summed E-state index contributed by atoms with van der Waals surface area (Å²) >= 11 is 1.39. The fourth-order valence-corrected chi connectivity index (χ4v) is 3.45. The predicted molar refractivity (Wildman–Crippen MR) is 89.3 cm³/mol. The maximum atomic E-state index is 12.5. The van der Waals surface area contributed by atoms with Gasteiger partial charge in [-0.15, -0.1) is 11.3 Å². The average Bonchev–Trinajstić information content (AvgIpc) is 3.08. The second kappa shape index (κ2) is 7.92. The Kier molecular flexibility index (Phi) is 5.92. The van der Waals surface area contributed by atoms with E-state index in [0.717, 1.165) is 4.88 Å². The van der Waals surface area contributed by atoms with Crippen molar-refractivity contribution in [3.8, 4) is 0 Å². The maximum Gasteiger partial charge on any atom is 0.337 e. The summed E-state index contributed by atoms with van der Waals surface area (Å²) in [6, 6.07) is 3.64. The Morgan fingerprint density at radius 2 is 1.83 bits per heavy atom. The molecule has 1 atom stereocenters. The molecule has 0 amide bonds. The Hall–Kier alpha value is -2.41. The van der Waals surface area contributed by atoms with E-state index in [9.17, 15) is 14.4 Å². The molecule has 1 aromatic heterocycles. The number of hydrogen-bond acceptors (Lipinski definition) is 7. The molecule has 128 valence electrons. The van der Waals surface area contributed by atoms with E-state index in [0.29, 0.717) is 17.6 Å². The Balaban J connectivity index is 2.62.